The van der Waals surface area contributed by atoms with E-state index in [9.17, 15) is 4.79 Å². The van der Waals surface area contributed by atoms with Crippen molar-refractivity contribution in [3.8, 4) is 0 Å². The van der Waals surface area contributed by atoms with Gasteiger partial charge in [-0.05, 0) is 19.1 Å². The minimum Gasteiger partial charge on any atom is -0.478 e. The highest BCUT2D eigenvalue weighted by atomic mass is 16.4. The highest BCUT2D eigenvalue weighted by molar-refractivity contribution is 5.89. The Hall–Kier alpha value is -1.84. The van der Waals surface area contributed by atoms with Crippen molar-refractivity contribution in [3.05, 3.63) is 35.3 Å². The topological polar surface area (TPSA) is 54.6 Å². The molecule has 90 valence electrons. The van der Waals surface area contributed by atoms with Crippen LogP contribution >= 0.6 is 0 Å². The SMILES string of the molecule is Cc1cc(C(=O)O)cc2nc(C(C)(C)C)cn12. The molecule has 0 saturated carbocycles. The lowest BCUT2D eigenvalue weighted by Crippen LogP contribution is -2.11. The molecule has 4 nitrogen and oxygen atoms in total. The van der Waals surface area contributed by atoms with Crippen LogP contribution in [0.2, 0.25) is 0 Å². The Labute approximate surface area is 99.9 Å². The Bertz CT molecular complexity index is 591. The Morgan fingerprint density at radius 3 is 2.53 bits per heavy atom. The molecule has 0 radical (unpaired) electrons. The predicted molar refractivity (Wildman–Crippen MR) is 65.6 cm³/mol. The fourth-order valence-corrected chi connectivity index (χ4v) is 1.74. The first kappa shape index (κ1) is 11.6. The third kappa shape index (κ3) is 2.02. The van der Waals surface area contributed by atoms with Crippen molar-refractivity contribution < 1.29 is 9.90 Å². The van der Waals surface area contributed by atoms with Crippen molar-refractivity contribution in [1.82, 2.24) is 9.38 Å². The first-order valence-corrected chi connectivity index (χ1v) is 5.52. The summed E-state index contributed by atoms with van der Waals surface area (Å²) in [4.78, 5) is 15.5. The lowest BCUT2D eigenvalue weighted by Gasteiger charge is -2.13. The van der Waals surface area contributed by atoms with Gasteiger partial charge in [-0.2, -0.15) is 0 Å². The molecule has 0 aliphatic heterocycles. The van der Waals surface area contributed by atoms with Gasteiger partial charge >= 0.3 is 5.97 Å². The van der Waals surface area contributed by atoms with Gasteiger partial charge in [0.1, 0.15) is 5.65 Å². The maximum Gasteiger partial charge on any atom is 0.335 e. The van der Waals surface area contributed by atoms with Crippen molar-refractivity contribution in [3.63, 3.8) is 0 Å². The summed E-state index contributed by atoms with van der Waals surface area (Å²) in [6.07, 6.45) is 1.97. The van der Waals surface area contributed by atoms with Gasteiger partial charge in [-0.1, -0.05) is 20.8 Å². The summed E-state index contributed by atoms with van der Waals surface area (Å²) < 4.78 is 1.92. The van der Waals surface area contributed by atoms with E-state index in [-0.39, 0.29) is 11.0 Å². The number of carboxylic acids is 1. The van der Waals surface area contributed by atoms with E-state index in [4.69, 9.17) is 5.11 Å². The van der Waals surface area contributed by atoms with E-state index in [1.54, 1.807) is 12.1 Å². The number of carbonyl (C=O) groups is 1. The summed E-state index contributed by atoms with van der Waals surface area (Å²) in [5.74, 6) is -0.920. The smallest absolute Gasteiger partial charge is 0.335 e. The molecule has 0 spiro atoms. The van der Waals surface area contributed by atoms with Crippen molar-refractivity contribution in [2.45, 2.75) is 33.1 Å². The fraction of sp³-hybridized carbons (Fsp3) is 0.385. The molecule has 17 heavy (non-hydrogen) atoms. The van der Waals surface area contributed by atoms with Gasteiger partial charge in [-0.3, -0.25) is 0 Å². The highest BCUT2D eigenvalue weighted by Gasteiger charge is 2.18. The molecule has 1 N–H and O–H groups in total. The monoisotopic (exact) mass is 232 g/mol. The second kappa shape index (κ2) is 3.58. The minimum absolute atomic E-state index is 0.0398. The second-order valence-corrected chi connectivity index (χ2v) is 5.29. The van der Waals surface area contributed by atoms with E-state index < -0.39 is 5.97 Å². The van der Waals surface area contributed by atoms with Gasteiger partial charge in [0.15, 0.2) is 0 Å². The Kier molecular flexibility index (Phi) is 2.45. The number of fused-ring (bicyclic) bond motifs is 1. The van der Waals surface area contributed by atoms with E-state index in [2.05, 4.69) is 25.8 Å². The maximum atomic E-state index is 11.0. The molecule has 0 aliphatic rings. The molecule has 2 aromatic rings. The molecule has 0 saturated heterocycles. The van der Waals surface area contributed by atoms with Gasteiger partial charge in [0.05, 0.1) is 11.3 Å². The summed E-state index contributed by atoms with van der Waals surface area (Å²) in [6.45, 7) is 8.14. The summed E-state index contributed by atoms with van der Waals surface area (Å²) >= 11 is 0. The summed E-state index contributed by atoms with van der Waals surface area (Å²) in [6, 6.07) is 3.26. The van der Waals surface area contributed by atoms with E-state index in [1.165, 1.54) is 0 Å². The van der Waals surface area contributed by atoms with Gasteiger partial charge in [-0.15, -0.1) is 0 Å². The zero-order chi connectivity index (χ0) is 12.8. The Morgan fingerprint density at radius 2 is 2.00 bits per heavy atom. The van der Waals surface area contributed by atoms with Crippen LogP contribution in [-0.2, 0) is 5.41 Å². The van der Waals surface area contributed by atoms with Crippen LogP contribution < -0.4 is 0 Å². The number of aryl methyl sites for hydroxylation is 1. The van der Waals surface area contributed by atoms with Crippen LogP contribution in [0.4, 0.5) is 0 Å². The number of hydrogen-bond donors (Lipinski definition) is 1. The van der Waals surface area contributed by atoms with Crippen LogP contribution in [0.15, 0.2) is 18.3 Å². The van der Waals surface area contributed by atoms with Crippen LogP contribution in [0.5, 0.6) is 0 Å². The van der Waals surface area contributed by atoms with Gasteiger partial charge in [0.25, 0.3) is 0 Å². The second-order valence-electron chi connectivity index (χ2n) is 5.29. The molecule has 2 heterocycles. The zero-order valence-electron chi connectivity index (χ0n) is 10.5. The lowest BCUT2D eigenvalue weighted by molar-refractivity contribution is 0.0696. The van der Waals surface area contributed by atoms with Gasteiger partial charge < -0.3 is 9.51 Å². The third-order valence-electron chi connectivity index (χ3n) is 2.78. The van der Waals surface area contributed by atoms with E-state index in [0.29, 0.717) is 5.65 Å². The molecule has 0 atom stereocenters. The van der Waals surface area contributed by atoms with Crippen LogP contribution in [0.25, 0.3) is 5.65 Å². The zero-order valence-corrected chi connectivity index (χ0v) is 10.5. The molecule has 0 aliphatic carbocycles. The average Bonchev–Trinajstić information content (AvgIpc) is 2.60. The van der Waals surface area contributed by atoms with Crippen LogP contribution in [0, 0.1) is 6.92 Å². The quantitative estimate of drug-likeness (QED) is 0.822. The minimum atomic E-state index is -0.920. The number of aromatic nitrogens is 2. The molecular weight excluding hydrogens is 216 g/mol. The van der Waals surface area contributed by atoms with Crippen molar-refractivity contribution in [2.75, 3.05) is 0 Å². The molecule has 4 heteroatoms. The molecule has 0 unspecified atom stereocenters. The van der Waals surface area contributed by atoms with E-state index in [0.717, 1.165) is 11.4 Å². The largest absolute Gasteiger partial charge is 0.478 e. The molecule has 2 aromatic heterocycles. The standard InChI is InChI=1S/C13H16N2O2/c1-8-5-9(12(16)17)6-11-14-10(7-15(8)11)13(2,3)4/h5-7H,1-4H3,(H,16,17). The molecular formula is C13H16N2O2. The molecule has 0 aromatic carbocycles. The average molecular weight is 232 g/mol. The first-order chi connectivity index (χ1) is 7.79. The van der Waals surface area contributed by atoms with Crippen LogP contribution in [0.1, 0.15) is 42.5 Å². The Balaban J connectivity index is 2.69. The van der Waals surface area contributed by atoms with E-state index >= 15 is 0 Å². The van der Waals surface area contributed by atoms with Crippen molar-refractivity contribution >= 4 is 11.6 Å². The fourth-order valence-electron chi connectivity index (χ4n) is 1.74. The summed E-state index contributed by atoms with van der Waals surface area (Å²) in [5.41, 5.74) is 2.77. The van der Waals surface area contributed by atoms with Gasteiger partial charge in [-0.25, -0.2) is 9.78 Å². The number of rotatable bonds is 1. The Morgan fingerprint density at radius 1 is 1.35 bits per heavy atom. The van der Waals surface area contributed by atoms with Crippen molar-refractivity contribution in [1.29, 1.82) is 0 Å². The molecule has 2 rings (SSSR count). The highest BCUT2D eigenvalue weighted by Crippen LogP contribution is 2.22. The number of aromatic carboxylic acids is 1. The van der Waals surface area contributed by atoms with Gasteiger partial charge in [0, 0.05) is 17.3 Å². The van der Waals surface area contributed by atoms with Crippen molar-refractivity contribution in [2.24, 2.45) is 0 Å². The number of carboxylic acid groups (broad SMARTS) is 1. The first-order valence-electron chi connectivity index (χ1n) is 5.52. The number of imidazole rings is 1. The molecule has 0 amide bonds. The third-order valence-corrected chi connectivity index (χ3v) is 2.78. The summed E-state index contributed by atoms with van der Waals surface area (Å²) in [7, 11) is 0. The number of hydrogen-bond acceptors (Lipinski definition) is 2. The predicted octanol–water partition coefficient (Wildman–Crippen LogP) is 2.64. The normalized spacial score (nSPS) is 12.0. The van der Waals surface area contributed by atoms with Crippen LogP contribution in [-0.4, -0.2) is 20.5 Å². The number of nitrogens with zero attached hydrogens (tertiary/aromatic N) is 2. The molecule has 0 bridgehead atoms. The maximum absolute atomic E-state index is 11.0. The number of pyridine rings is 1. The van der Waals surface area contributed by atoms with Crippen LogP contribution in [0.3, 0.4) is 0 Å². The summed E-state index contributed by atoms with van der Waals surface area (Å²) in [5, 5.41) is 9.00. The lowest BCUT2D eigenvalue weighted by atomic mass is 9.93. The molecule has 0 fully saturated rings. The van der Waals surface area contributed by atoms with Gasteiger partial charge in [0.2, 0.25) is 0 Å². The van der Waals surface area contributed by atoms with E-state index in [1.807, 2.05) is 17.5 Å².